The van der Waals surface area contributed by atoms with E-state index in [-0.39, 0.29) is 18.1 Å². The Morgan fingerprint density at radius 3 is 2.74 bits per heavy atom. The number of amides is 1. The molecule has 0 aliphatic heterocycles. The summed E-state index contributed by atoms with van der Waals surface area (Å²) in [5, 5.41) is 7.55. The van der Waals surface area contributed by atoms with Crippen LogP contribution in [0.5, 0.6) is 0 Å². The predicted molar refractivity (Wildman–Crippen MR) is 75.4 cm³/mol. The van der Waals surface area contributed by atoms with E-state index in [0.29, 0.717) is 18.2 Å². The minimum absolute atomic E-state index is 0.0626. The van der Waals surface area contributed by atoms with Crippen LogP contribution in [0.4, 0.5) is 0 Å². The molecule has 108 valence electrons. The molecule has 1 aromatic rings. The first-order chi connectivity index (χ1) is 8.93. The van der Waals surface area contributed by atoms with Crippen molar-refractivity contribution in [3.8, 4) is 0 Å². The maximum atomic E-state index is 11.9. The number of hydrogen-bond acceptors (Lipinski definition) is 3. The molecule has 19 heavy (non-hydrogen) atoms. The van der Waals surface area contributed by atoms with Gasteiger partial charge in [0.15, 0.2) is 0 Å². The summed E-state index contributed by atoms with van der Waals surface area (Å²) in [4.78, 5) is 11.9. The van der Waals surface area contributed by atoms with E-state index >= 15 is 0 Å². The van der Waals surface area contributed by atoms with E-state index < -0.39 is 0 Å². The summed E-state index contributed by atoms with van der Waals surface area (Å²) in [6, 6.07) is -0.362. The fourth-order valence-electron chi connectivity index (χ4n) is 1.65. The highest BCUT2D eigenvalue weighted by Gasteiger charge is 2.17. The molecule has 0 fully saturated rings. The van der Waals surface area contributed by atoms with Crippen LogP contribution in [0.25, 0.3) is 0 Å². The van der Waals surface area contributed by atoms with Gasteiger partial charge in [-0.1, -0.05) is 11.6 Å². The second-order valence-electron chi connectivity index (χ2n) is 4.76. The van der Waals surface area contributed by atoms with Crippen LogP contribution < -0.4 is 5.32 Å². The molecule has 1 N–H and O–H groups in total. The van der Waals surface area contributed by atoms with Gasteiger partial charge in [0.2, 0.25) is 5.91 Å². The first-order valence-corrected chi connectivity index (χ1v) is 6.90. The predicted octanol–water partition coefficient (Wildman–Crippen LogP) is 2.34. The van der Waals surface area contributed by atoms with Crippen LogP contribution in [0.3, 0.4) is 0 Å². The number of rotatable bonds is 7. The minimum Gasteiger partial charge on any atom is -0.379 e. The highest BCUT2D eigenvalue weighted by Crippen LogP contribution is 2.17. The Hall–Kier alpha value is -1.07. The summed E-state index contributed by atoms with van der Waals surface area (Å²) >= 11 is 5.92. The Kier molecular flexibility index (Phi) is 6.31. The molecule has 0 aromatic carbocycles. The van der Waals surface area contributed by atoms with Crippen LogP contribution in [-0.2, 0) is 9.53 Å². The minimum atomic E-state index is -0.362. The topological polar surface area (TPSA) is 56.2 Å². The van der Waals surface area contributed by atoms with Gasteiger partial charge in [-0.25, -0.2) is 0 Å². The maximum absolute atomic E-state index is 11.9. The molecule has 0 spiro atoms. The first-order valence-electron chi connectivity index (χ1n) is 6.52. The zero-order valence-corrected chi connectivity index (χ0v) is 12.7. The van der Waals surface area contributed by atoms with E-state index in [1.807, 2.05) is 20.8 Å². The summed E-state index contributed by atoms with van der Waals surface area (Å²) < 4.78 is 7.03. The lowest BCUT2D eigenvalue weighted by Crippen LogP contribution is -2.33. The average molecular weight is 288 g/mol. The molecule has 0 bridgehead atoms. The van der Waals surface area contributed by atoms with Crippen LogP contribution in [-0.4, -0.2) is 34.9 Å². The zero-order valence-electron chi connectivity index (χ0n) is 11.9. The monoisotopic (exact) mass is 287 g/mol. The fraction of sp³-hybridized carbons (Fsp3) is 0.692. The van der Waals surface area contributed by atoms with Gasteiger partial charge in [0.05, 0.1) is 23.0 Å². The summed E-state index contributed by atoms with van der Waals surface area (Å²) in [5.41, 5.74) is 0.799. The smallest absolute Gasteiger partial charge is 0.244 e. The SMILES string of the molecule is Cc1c(Cl)cnn1C(C)C(=O)NCCCOC(C)C. The largest absolute Gasteiger partial charge is 0.379 e. The molecule has 1 aromatic heterocycles. The Balaban J connectivity index is 2.35. The third-order valence-corrected chi connectivity index (χ3v) is 3.17. The first kappa shape index (κ1) is 16.0. The Morgan fingerprint density at radius 2 is 2.21 bits per heavy atom. The number of aromatic nitrogens is 2. The van der Waals surface area contributed by atoms with Gasteiger partial charge < -0.3 is 10.1 Å². The van der Waals surface area contributed by atoms with Gasteiger partial charge >= 0.3 is 0 Å². The molecule has 0 saturated heterocycles. The molecule has 6 heteroatoms. The van der Waals surface area contributed by atoms with Gasteiger partial charge in [-0.2, -0.15) is 5.10 Å². The van der Waals surface area contributed by atoms with E-state index in [9.17, 15) is 4.79 Å². The van der Waals surface area contributed by atoms with Crippen molar-refractivity contribution in [1.29, 1.82) is 0 Å². The van der Waals surface area contributed by atoms with Crippen LogP contribution in [0.15, 0.2) is 6.20 Å². The van der Waals surface area contributed by atoms with Crippen LogP contribution in [0, 0.1) is 6.92 Å². The highest BCUT2D eigenvalue weighted by molar-refractivity contribution is 6.31. The van der Waals surface area contributed by atoms with Crippen LogP contribution in [0.2, 0.25) is 5.02 Å². The summed E-state index contributed by atoms with van der Waals surface area (Å²) in [6.45, 7) is 8.88. The third kappa shape index (κ3) is 4.84. The van der Waals surface area contributed by atoms with Gasteiger partial charge in [0, 0.05) is 13.2 Å². The lowest BCUT2D eigenvalue weighted by atomic mass is 10.3. The normalized spacial score (nSPS) is 12.7. The molecule has 1 heterocycles. The Bertz CT molecular complexity index is 418. The molecule has 1 unspecified atom stereocenters. The van der Waals surface area contributed by atoms with Gasteiger partial charge in [0.1, 0.15) is 6.04 Å². The lowest BCUT2D eigenvalue weighted by molar-refractivity contribution is -0.124. The summed E-state index contributed by atoms with van der Waals surface area (Å²) in [5.74, 6) is -0.0626. The van der Waals surface area contributed by atoms with Crippen molar-refractivity contribution in [1.82, 2.24) is 15.1 Å². The molecule has 1 amide bonds. The molecule has 1 atom stereocenters. The van der Waals surface area contributed by atoms with Crippen LogP contribution in [0.1, 0.15) is 38.9 Å². The summed E-state index contributed by atoms with van der Waals surface area (Å²) in [6.07, 6.45) is 2.58. The average Bonchev–Trinajstić information content (AvgIpc) is 2.68. The van der Waals surface area contributed by atoms with Crippen LogP contribution >= 0.6 is 11.6 Å². The Morgan fingerprint density at radius 1 is 1.53 bits per heavy atom. The van der Waals surface area contributed by atoms with Crippen molar-refractivity contribution < 1.29 is 9.53 Å². The van der Waals surface area contributed by atoms with Gasteiger partial charge in [0.25, 0.3) is 0 Å². The summed E-state index contributed by atoms with van der Waals surface area (Å²) in [7, 11) is 0. The van der Waals surface area contributed by atoms with E-state index in [2.05, 4.69) is 10.4 Å². The van der Waals surface area contributed by atoms with Crippen molar-refractivity contribution in [2.24, 2.45) is 0 Å². The van der Waals surface area contributed by atoms with Gasteiger partial charge in [-0.3, -0.25) is 9.48 Å². The molecule has 0 aliphatic carbocycles. The third-order valence-electron chi connectivity index (χ3n) is 2.80. The van der Waals surface area contributed by atoms with E-state index in [1.54, 1.807) is 17.8 Å². The maximum Gasteiger partial charge on any atom is 0.244 e. The van der Waals surface area contributed by atoms with Crippen molar-refractivity contribution in [3.05, 3.63) is 16.9 Å². The number of hydrogen-bond donors (Lipinski definition) is 1. The second-order valence-corrected chi connectivity index (χ2v) is 5.17. The van der Waals surface area contributed by atoms with E-state index in [4.69, 9.17) is 16.3 Å². The highest BCUT2D eigenvalue weighted by atomic mass is 35.5. The number of carbonyl (C=O) groups excluding carboxylic acids is 1. The van der Waals surface area contributed by atoms with Crippen molar-refractivity contribution in [2.45, 2.75) is 46.3 Å². The molecule has 0 radical (unpaired) electrons. The van der Waals surface area contributed by atoms with Crippen molar-refractivity contribution in [3.63, 3.8) is 0 Å². The Labute approximate surface area is 119 Å². The fourth-order valence-corrected chi connectivity index (χ4v) is 1.78. The molecule has 0 aliphatic rings. The van der Waals surface area contributed by atoms with E-state index in [0.717, 1.165) is 12.1 Å². The standard InChI is InChI=1S/C13H22ClN3O2/c1-9(2)19-7-5-6-15-13(18)11(4)17-10(3)12(14)8-16-17/h8-9,11H,5-7H2,1-4H3,(H,15,18). The quantitative estimate of drug-likeness (QED) is 0.783. The number of halogens is 1. The molecular weight excluding hydrogens is 266 g/mol. The molecule has 0 saturated carbocycles. The molecular formula is C13H22ClN3O2. The lowest BCUT2D eigenvalue weighted by Gasteiger charge is -2.14. The number of nitrogens with one attached hydrogen (secondary N) is 1. The van der Waals surface area contributed by atoms with Crippen molar-refractivity contribution >= 4 is 17.5 Å². The number of ether oxygens (including phenoxy) is 1. The molecule has 5 nitrogen and oxygen atoms in total. The number of nitrogens with zero attached hydrogens (tertiary/aromatic N) is 2. The van der Waals surface area contributed by atoms with Gasteiger partial charge in [-0.05, 0) is 34.1 Å². The van der Waals surface area contributed by atoms with Gasteiger partial charge in [-0.15, -0.1) is 0 Å². The van der Waals surface area contributed by atoms with E-state index in [1.165, 1.54) is 0 Å². The second kappa shape index (κ2) is 7.50. The molecule has 1 rings (SSSR count). The number of carbonyl (C=O) groups is 1. The van der Waals surface area contributed by atoms with Crippen molar-refractivity contribution in [2.75, 3.05) is 13.2 Å². The zero-order chi connectivity index (χ0) is 14.4.